The van der Waals surface area contributed by atoms with E-state index in [1.165, 1.54) is 31.2 Å². The van der Waals surface area contributed by atoms with Gasteiger partial charge in [0.2, 0.25) is 0 Å². The number of amides is 1. The summed E-state index contributed by atoms with van der Waals surface area (Å²) < 4.78 is 0. The number of aliphatic hydroxyl groups excluding tert-OH is 1. The molecule has 1 aliphatic rings. The molecule has 2 aromatic rings. The van der Waals surface area contributed by atoms with Gasteiger partial charge in [-0.05, 0) is 55.8 Å². The number of nitrogens with zero attached hydrogens (tertiary/aromatic N) is 1. The SMILES string of the molecule is O=C(NCCN1CCC(CCc2ccccc2)CC1)C(O)c1ccccc1. The molecular formula is C23H30N2O2. The van der Waals surface area contributed by atoms with Gasteiger partial charge in [-0.3, -0.25) is 4.79 Å². The molecule has 2 aromatic carbocycles. The highest BCUT2D eigenvalue weighted by Crippen LogP contribution is 2.22. The van der Waals surface area contributed by atoms with Gasteiger partial charge in [-0.2, -0.15) is 0 Å². The van der Waals surface area contributed by atoms with Crippen LogP contribution in [0.4, 0.5) is 0 Å². The van der Waals surface area contributed by atoms with Gasteiger partial charge in [-0.15, -0.1) is 0 Å². The van der Waals surface area contributed by atoms with E-state index in [-0.39, 0.29) is 5.91 Å². The molecule has 1 atom stereocenters. The number of aryl methyl sites for hydroxylation is 1. The first kappa shape index (κ1) is 19.6. The fourth-order valence-corrected chi connectivity index (χ4v) is 3.73. The molecule has 1 fully saturated rings. The minimum atomic E-state index is -1.09. The maximum absolute atomic E-state index is 12.1. The van der Waals surface area contributed by atoms with Gasteiger partial charge < -0.3 is 15.3 Å². The van der Waals surface area contributed by atoms with Gasteiger partial charge >= 0.3 is 0 Å². The second-order valence-corrected chi connectivity index (χ2v) is 7.41. The third-order valence-electron chi connectivity index (χ3n) is 5.48. The lowest BCUT2D eigenvalue weighted by molar-refractivity contribution is -0.129. The van der Waals surface area contributed by atoms with Crippen LogP contribution in [-0.4, -0.2) is 42.1 Å². The Kier molecular flexibility index (Phi) is 7.43. The van der Waals surface area contributed by atoms with Crippen LogP contribution >= 0.6 is 0 Å². The predicted molar refractivity (Wildman–Crippen MR) is 108 cm³/mol. The lowest BCUT2D eigenvalue weighted by atomic mass is 9.90. The van der Waals surface area contributed by atoms with Crippen molar-refractivity contribution in [3.8, 4) is 0 Å². The normalized spacial score (nSPS) is 16.8. The van der Waals surface area contributed by atoms with Crippen molar-refractivity contribution in [2.75, 3.05) is 26.2 Å². The maximum atomic E-state index is 12.1. The molecule has 0 aromatic heterocycles. The lowest BCUT2D eigenvalue weighted by Crippen LogP contribution is -2.40. The number of likely N-dealkylation sites (tertiary alicyclic amines) is 1. The van der Waals surface area contributed by atoms with Crippen LogP contribution in [0.2, 0.25) is 0 Å². The van der Waals surface area contributed by atoms with Crippen LogP contribution < -0.4 is 5.32 Å². The van der Waals surface area contributed by atoms with Crippen molar-refractivity contribution in [2.45, 2.75) is 31.8 Å². The molecule has 2 N–H and O–H groups in total. The summed E-state index contributed by atoms with van der Waals surface area (Å²) in [4.78, 5) is 14.5. The number of rotatable bonds is 8. The van der Waals surface area contributed by atoms with E-state index < -0.39 is 6.10 Å². The summed E-state index contributed by atoms with van der Waals surface area (Å²) in [6.45, 7) is 3.61. The molecule has 0 saturated carbocycles. The van der Waals surface area contributed by atoms with Gasteiger partial charge in [0.15, 0.2) is 6.10 Å². The molecule has 27 heavy (non-hydrogen) atoms. The van der Waals surface area contributed by atoms with Crippen LogP contribution in [0.1, 0.15) is 36.5 Å². The molecule has 144 valence electrons. The van der Waals surface area contributed by atoms with Crippen LogP contribution in [0.3, 0.4) is 0 Å². The van der Waals surface area contributed by atoms with Gasteiger partial charge in [-0.1, -0.05) is 60.7 Å². The van der Waals surface area contributed by atoms with Crippen molar-refractivity contribution in [1.29, 1.82) is 0 Å². The smallest absolute Gasteiger partial charge is 0.253 e. The molecule has 3 rings (SSSR count). The number of aliphatic hydroxyl groups is 1. The summed E-state index contributed by atoms with van der Waals surface area (Å²) in [6.07, 6.45) is 3.80. The summed E-state index contributed by atoms with van der Waals surface area (Å²) in [7, 11) is 0. The van der Waals surface area contributed by atoms with E-state index >= 15 is 0 Å². The molecule has 0 aliphatic carbocycles. The Morgan fingerprint density at radius 3 is 2.33 bits per heavy atom. The van der Waals surface area contributed by atoms with E-state index in [2.05, 4.69) is 40.5 Å². The second kappa shape index (κ2) is 10.2. The van der Waals surface area contributed by atoms with E-state index in [0.29, 0.717) is 12.1 Å². The van der Waals surface area contributed by atoms with Crippen molar-refractivity contribution >= 4 is 5.91 Å². The van der Waals surface area contributed by atoms with Gasteiger partial charge in [-0.25, -0.2) is 0 Å². The van der Waals surface area contributed by atoms with Gasteiger partial charge in [0.1, 0.15) is 0 Å². The maximum Gasteiger partial charge on any atom is 0.253 e. The molecule has 1 aliphatic heterocycles. The van der Waals surface area contributed by atoms with Crippen molar-refractivity contribution in [3.05, 3.63) is 71.8 Å². The fourth-order valence-electron chi connectivity index (χ4n) is 3.73. The Hall–Kier alpha value is -2.17. The van der Waals surface area contributed by atoms with Crippen LogP contribution in [0.15, 0.2) is 60.7 Å². The third-order valence-corrected chi connectivity index (χ3v) is 5.48. The molecule has 0 radical (unpaired) electrons. The Morgan fingerprint density at radius 2 is 1.67 bits per heavy atom. The molecule has 4 heteroatoms. The summed E-state index contributed by atoms with van der Waals surface area (Å²) >= 11 is 0. The van der Waals surface area contributed by atoms with E-state index in [1.807, 2.05) is 18.2 Å². The average molecular weight is 367 g/mol. The highest BCUT2D eigenvalue weighted by Gasteiger charge is 2.20. The van der Waals surface area contributed by atoms with E-state index in [1.54, 1.807) is 12.1 Å². The Balaban J connectivity index is 1.31. The number of carbonyl (C=O) groups excluding carboxylic acids is 1. The van der Waals surface area contributed by atoms with E-state index in [0.717, 1.165) is 25.6 Å². The van der Waals surface area contributed by atoms with Crippen molar-refractivity contribution in [2.24, 2.45) is 5.92 Å². The molecule has 0 spiro atoms. The minimum Gasteiger partial charge on any atom is -0.378 e. The largest absolute Gasteiger partial charge is 0.378 e. The molecule has 0 bridgehead atoms. The van der Waals surface area contributed by atoms with E-state index in [4.69, 9.17) is 0 Å². The molecule has 1 unspecified atom stereocenters. The number of piperidine rings is 1. The third kappa shape index (κ3) is 6.19. The number of hydrogen-bond donors (Lipinski definition) is 2. The highest BCUT2D eigenvalue weighted by atomic mass is 16.3. The summed E-state index contributed by atoms with van der Waals surface area (Å²) in [5.74, 6) is 0.481. The standard InChI is InChI=1S/C23H30N2O2/c26-22(21-9-5-2-6-10-21)23(27)24-15-18-25-16-13-20(14-17-25)12-11-19-7-3-1-4-8-19/h1-10,20,22,26H,11-18H2,(H,24,27). The highest BCUT2D eigenvalue weighted by molar-refractivity contribution is 5.81. The van der Waals surface area contributed by atoms with Crippen LogP contribution in [-0.2, 0) is 11.2 Å². The van der Waals surface area contributed by atoms with E-state index in [9.17, 15) is 9.90 Å². The summed E-state index contributed by atoms with van der Waals surface area (Å²) in [6, 6.07) is 19.8. The number of benzene rings is 2. The fraction of sp³-hybridized carbons (Fsp3) is 0.435. The molecule has 1 heterocycles. The monoisotopic (exact) mass is 366 g/mol. The first-order valence-electron chi connectivity index (χ1n) is 9.99. The topological polar surface area (TPSA) is 52.6 Å². The second-order valence-electron chi connectivity index (χ2n) is 7.41. The van der Waals surface area contributed by atoms with Crippen molar-refractivity contribution in [1.82, 2.24) is 10.2 Å². The Bertz CT molecular complexity index is 682. The Labute approximate surface area is 162 Å². The average Bonchev–Trinajstić information content (AvgIpc) is 2.74. The minimum absolute atomic E-state index is 0.320. The predicted octanol–water partition coefficient (Wildman–Crippen LogP) is 3.18. The molecule has 1 saturated heterocycles. The zero-order valence-electron chi connectivity index (χ0n) is 15.9. The molecular weight excluding hydrogens is 336 g/mol. The number of carbonyl (C=O) groups is 1. The zero-order valence-corrected chi connectivity index (χ0v) is 15.9. The van der Waals surface area contributed by atoms with Gasteiger partial charge in [0.05, 0.1) is 0 Å². The van der Waals surface area contributed by atoms with Crippen molar-refractivity contribution < 1.29 is 9.90 Å². The molecule has 4 nitrogen and oxygen atoms in total. The lowest BCUT2D eigenvalue weighted by Gasteiger charge is -2.32. The van der Waals surface area contributed by atoms with Crippen molar-refractivity contribution in [3.63, 3.8) is 0 Å². The Morgan fingerprint density at radius 1 is 1.04 bits per heavy atom. The first-order valence-corrected chi connectivity index (χ1v) is 9.99. The van der Waals surface area contributed by atoms with Crippen LogP contribution in [0, 0.1) is 5.92 Å². The van der Waals surface area contributed by atoms with Crippen LogP contribution in [0.25, 0.3) is 0 Å². The first-order chi connectivity index (χ1) is 13.2. The summed E-state index contributed by atoms with van der Waals surface area (Å²) in [5, 5.41) is 12.9. The quantitative estimate of drug-likeness (QED) is 0.754. The van der Waals surface area contributed by atoms with Gasteiger partial charge in [0, 0.05) is 13.1 Å². The van der Waals surface area contributed by atoms with Gasteiger partial charge in [0.25, 0.3) is 5.91 Å². The zero-order chi connectivity index (χ0) is 18.9. The molecule has 1 amide bonds. The number of hydrogen-bond acceptors (Lipinski definition) is 3. The summed E-state index contributed by atoms with van der Waals surface area (Å²) in [5.41, 5.74) is 2.06. The number of nitrogens with one attached hydrogen (secondary N) is 1. The van der Waals surface area contributed by atoms with Crippen LogP contribution in [0.5, 0.6) is 0 Å².